The molecular formula is C17H19FN2O2. The Kier molecular flexibility index (Phi) is 5.47. The molecule has 0 bridgehead atoms. The fourth-order valence-corrected chi connectivity index (χ4v) is 2.17. The molecule has 0 atom stereocenters. The lowest BCUT2D eigenvalue weighted by Crippen LogP contribution is -2.26. The zero-order chi connectivity index (χ0) is 15.9. The van der Waals surface area contributed by atoms with E-state index in [1.54, 1.807) is 18.2 Å². The first-order valence-corrected chi connectivity index (χ1v) is 7.34. The minimum atomic E-state index is -0.268. The molecule has 0 saturated carbocycles. The van der Waals surface area contributed by atoms with Crippen LogP contribution >= 0.6 is 0 Å². The number of hydrogen-bond donors (Lipinski definition) is 2. The summed E-state index contributed by atoms with van der Waals surface area (Å²) < 4.78 is 12.8. The number of pyridine rings is 1. The zero-order valence-corrected chi connectivity index (χ0v) is 12.5. The van der Waals surface area contributed by atoms with E-state index in [9.17, 15) is 14.0 Å². The lowest BCUT2D eigenvalue weighted by molar-refractivity contribution is 0.0953. The van der Waals surface area contributed by atoms with Gasteiger partial charge in [0.2, 0.25) is 5.56 Å². The SMILES string of the molecule is CCc1cc(C(=O)NCCCc2ccc(F)cc2)cc(=O)[nH]1. The summed E-state index contributed by atoms with van der Waals surface area (Å²) in [5.41, 5.74) is 1.88. The molecule has 22 heavy (non-hydrogen) atoms. The summed E-state index contributed by atoms with van der Waals surface area (Å²) in [5, 5.41) is 2.79. The highest BCUT2D eigenvalue weighted by Crippen LogP contribution is 2.05. The van der Waals surface area contributed by atoms with Crippen LogP contribution in [0, 0.1) is 5.82 Å². The largest absolute Gasteiger partial charge is 0.352 e. The Labute approximate surface area is 128 Å². The number of amides is 1. The number of benzene rings is 1. The molecule has 116 valence electrons. The van der Waals surface area contributed by atoms with E-state index in [-0.39, 0.29) is 17.3 Å². The highest BCUT2D eigenvalue weighted by atomic mass is 19.1. The number of aryl methyl sites for hydroxylation is 2. The second-order valence-electron chi connectivity index (χ2n) is 5.10. The Balaban J connectivity index is 1.84. The van der Waals surface area contributed by atoms with Crippen molar-refractivity contribution in [1.82, 2.24) is 10.3 Å². The third-order valence-corrected chi connectivity index (χ3v) is 3.38. The number of carbonyl (C=O) groups is 1. The van der Waals surface area contributed by atoms with Crippen molar-refractivity contribution in [3.8, 4) is 0 Å². The number of hydrogen-bond acceptors (Lipinski definition) is 2. The van der Waals surface area contributed by atoms with Gasteiger partial charge in [-0.3, -0.25) is 9.59 Å². The molecule has 0 radical (unpaired) electrons. The maximum atomic E-state index is 12.8. The van der Waals surface area contributed by atoms with E-state index in [1.807, 2.05) is 6.92 Å². The number of carbonyl (C=O) groups excluding carboxylic acids is 1. The molecule has 4 nitrogen and oxygen atoms in total. The maximum absolute atomic E-state index is 12.8. The minimum absolute atomic E-state index is 0.250. The molecule has 1 aromatic heterocycles. The minimum Gasteiger partial charge on any atom is -0.352 e. The van der Waals surface area contributed by atoms with E-state index in [0.717, 1.165) is 24.1 Å². The van der Waals surface area contributed by atoms with Crippen molar-refractivity contribution < 1.29 is 9.18 Å². The lowest BCUT2D eigenvalue weighted by Gasteiger charge is -2.06. The maximum Gasteiger partial charge on any atom is 0.251 e. The van der Waals surface area contributed by atoms with Gasteiger partial charge in [0.25, 0.3) is 5.91 Å². The van der Waals surface area contributed by atoms with Crippen molar-refractivity contribution in [3.05, 3.63) is 69.4 Å². The molecule has 0 aliphatic carbocycles. The Morgan fingerprint density at radius 2 is 1.95 bits per heavy atom. The first kappa shape index (κ1) is 15.9. The van der Waals surface area contributed by atoms with Crippen LogP contribution in [0.25, 0.3) is 0 Å². The second-order valence-corrected chi connectivity index (χ2v) is 5.10. The molecule has 1 heterocycles. The molecule has 1 aromatic carbocycles. The molecule has 0 aliphatic heterocycles. The molecule has 2 aromatic rings. The monoisotopic (exact) mass is 302 g/mol. The van der Waals surface area contributed by atoms with Gasteiger partial charge in [0.1, 0.15) is 5.82 Å². The Bertz CT molecular complexity index is 693. The summed E-state index contributed by atoms with van der Waals surface area (Å²) in [6.07, 6.45) is 2.18. The van der Waals surface area contributed by atoms with Crippen LogP contribution in [0.1, 0.15) is 35.0 Å². The predicted octanol–water partition coefficient (Wildman–Crippen LogP) is 2.44. The average Bonchev–Trinajstić information content (AvgIpc) is 2.52. The second kappa shape index (κ2) is 7.54. The van der Waals surface area contributed by atoms with Crippen molar-refractivity contribution in [1.29, 1.82) is 0 Å². The summed E-state index contributed by atoms with van der Waals surface area (Å²) in [7, 11) is 0. The van der Waals surface area contributed by atoms with Gasteiger partial charge in [-0.2, -0.15) is 0 Å². The molecular weight excluding hydrogens is 283 g/mol. The van der Waals surface area contributed by atoms with Gasteiger partial charge < -0.3 is 10.3 Å². The number of halogens is 1. The van der Waals surface area contributed by atoms with Crippen LogP contribution in [0.15, 0.2) is 41.2 Å². The summed E-state index contributed by atoms with van der Waals surface area (Å²) in [5.74, 6) is -0.502. The third kappa shape index (κ3) is 4.55. The normalized spacial score (nSPS) is 10.5. The quantitative estimate of drug-likeness (QED) is 0.805. The highest BCUT2D eigenvalue weighted by Gasteiger charge is 2.07. The van der Waals surface area contributed by atoms with Gasteiger partial charge in [0.15, 0.2) is 0 Å². The van der Waals surface area contributed by atoms with Crippen LogP contribution < -0.4 is 10.9 Å². The van der Waals surface area contributed by atoms with Gasteiger partial charge in [0, 0.05) is 23.9 Å². The Hall–Kier alpha value is -2.43. The van der Waals surface area contributed by atoms with E-state index >= 15 is 0 Å². The highest BCUT2D eigenvalue weighted by molar-refractivity contribution is 5.94. The van der Waals surface area contributed by atoms with Crippen LogP contribution in [0.5, 0.6) is 0 Å². The molecule has 0 saturated heterocycles. The molecule has 0 fully saturated rings. The third-order valence-electron chi connectivity index (χ3n) is 3.38. The Morgan fingerprint density at radius 1 is 1.23 bits per heavy atom. The van der Waals surface area contributed by atoms with Crippen molar-refractivity contribution in [2.24, 2.45) is 0 Å². The van der Waals surface area contributed by atoms with Crippen molar-refractivity contribution in [2.75, 3.05) is 6.54 Å². The summed E-state index contributed by atoms with van der Waals surface area (Å²) in [6.45, 7) is 2.42. The molecule has 2 rings (SSSR count). The summed E-state index contributed by atoms with van der Waals surface area (Å²) in [6, 6.07) is 9.32. The zero-order valence-electron chi connectivity index (χ0n) is 12.5. The standard InChI is InChI=1S/C17H19FN2O2/c1-2-15-10-13(11-16(21)20-15)17(22)19-9-3-4-12-5-7-14(18)8-6-12/h5-8,10-11H,2-4,9H2,1H3,(H,19,22)(H,20,21). The average molecular weight is 302 g/mol. The smallest absolute Gasteiger partial charge is 0.251 e. The summed E-state index contributed by atoms with van der Waals surface area (Å²) >= 11 is 0. The van der Waals surface area contributed by atoms with Crippen molar-refractivity contribution in [3.63, 3.8) is 0 Å². The molecule has 5 heteroatoms. The van der Waals surface area contributed by atoms with E-state index in [2.05, 4.69) is 10.3 Å². The number of aromatic nitrogens is 1. The fraction of sp³-hybridized carbons (Fsp3) is 0.294. The molecule has 2 N–H and O–H groups in total. The van der Waals surface area contributed by atoms with Gasteiger partial charge in [-0.25, -0.2) is 4.39 Å². The number of H-pyrrole nitrogens is 1. The van der Waals surface area contributed by atoms with Crippen molar-refractivity contribution >= 4 is 5.91 Å². The predicted molar refractivity (Wildman–Crippen MR) is 83.5 cm³/mol. The first-order chi connectivity index (χ1) is 10.6. The molecule has 1 amide bonds. The van der Waals surface area contributed by atoms with E-state index < -0.39 is 0 Å². The molecule has 0 aliphatic rings. The molecule has 0 unspecified atom stereocenters. The van der Waals surface area contributed by atoms with E-state index in [0.29, 0.717) is 18.5 Å². The fourth-order valence-electron chi connectivity index (χ4n) is 2.17. The lowest BCUT2D eigenvalue weighted by atomic mass is 10.1. The topological polar surface area (TPSA) is 62.0 Å². The summed E-state index contributed by atoms with van der Waals surface area (Å²) in [4.78, 5) is 26.1. The van der Waals surface area contributed by atoms with Crippen LogP contribution in [-0.4, -0.2) is 17.4 Å². The van der Waals surface area contributed by atoms with Crippen LogP contribution in [0.3, 0.4) is 0 Å². The van der Waals surface area contributed by atoms with Crippen molar-refractivity contribution in [2.45, 2.75) is 26.2 Å². The first-order valence-electron chi connectivity index (χ1n) is 7.34. The van der Waals surface area contributed by atoms with Gasteiger partial charge in [-0.05, 0) is 43.0 Å². The van der Waals surface area contributed by atoms with E-state index in [1.165, 1.54) is 18.2 Å². The van der Waals surface area contributed by atoms with Gasteiger partial charge in [-0.1, -0.05) is 19.1 Å². The van der Waals surface area contributed by atoms with Crippen LogP contribution in [0.2, 0.25) is 0 Å². The van der Waals surface area contributed by atoms with Crippen LogP contribution in [-0.2, 0) is 12.8 Å². The van der Waals surface area contributed by atoms with Gasteiger partial charge >= 0.3 is 0 Å². The number of aromatic amines is 1. The van der Waals surface area contributed by atoms with Gasteiger partial charge in [-0.15, -0.1) is 0 Å². The van der Waals surface area contributed by atoms with Gasteiger partial charge in [0.05, 0.1) is 0 Å². The molecule has 0 spiro atoms. The van der Waals surface area contributed by atoms with E-state index in [4.69, 9.17) is 0 Å². The Morgan fingerprint density at radius 3 is 2.64 bits per heavy atom. The van der Waals surface area contributed by atoms with Crippen LogP contribution in [0.4, 0.5) is 4.39 Å². The number of rotatable bonds is 6. The number of nitrogens with one attached hydrogen (secondary N) is 2.